The molecule has 3 aromatic rings. The third kappa shape index (κ3) is 3.99. The van der Waals surface area contributed by atoms with E-state index in [1.807, 2.05) is 42.9 Å². The molecule has 0 saturated carbocycles. The van der Waals surface area contributed by atoms with E-state index in [4.69, 9.17) is 4.74 Å². The van der Waals surface area contributed by atoms with Crippen LogP contribution in [-0.4, -0.2) is 59.8 Å². The zero-order valence-corrected chi connectivity index (χ0v) is 18.6. The Balaban J connectivity index is 1.55. The number of fused-ring (bicyclic) bond motifs is 1. The van der Waals surface area contributed by atoms with Gasteiger partial charge in [-0.2, -0.15) is 4.31 Å². The summed E-state index contributed by atoms with van der Waals surface area (Å²) in [4.78, 5) is 11.0. The molecule has 9 heteroatoms. The highest BCUT2D eigenvalue weighted by Crippen LogP contribution is 2.31. The molecule has 3 heterocycles. The number of anilines is 2. The molecule has 2 aromatic heterocycles. The molecule has 0 spiro atoms. The van der Waals surface area contributed by atoms with Crippen molar-refractivity contribution >= 4 is 32.6 Å². The number of benzene rings is 1. The normalized spacial score (nSPS) is 17.5. The molecule has 1 saturated heterocycles. The molecule has 30 heavy (non-hydrogen) atoms. The lowest BCUT2D eigenvalue weighted by molar-refractivity contribution is 0.215. The first kappa shape index (κ1) is 20.6. The van der Waals surface area contributed by atoms with Crippen molar-refractivity contribution in [2.75, 3.05) is 31.3 Å². The zero-order chi connectivity index (χ0) is 21.5. The molecule has 0 N–H and O–H groups in total. The molecule has 0 unspecified atom stereocenters. The molecule has 8 nitrogen and oxygen atoms in total. The fraction of sp³-hybridized carbons (Fsp3) is 0.429. The lowest BCUT2D eigenvalue weighted by atomic mass is 10.1. The molecular formula is C21H27N5O3S. The van der Waals surface area contributed by atoms with Gasteiger partial charge in [0.25, 0.3) is 0 Å². The number of aryl methyl sites for hydroxylation is 2. The van der Waals surface area contributed by atoms with Crippen LogP contribution in [0.2, 0.25) is 0 Å². The SMILES string of the molecule is CCc1cc(O[C@H]2CCN(S(C)(=O)=O)C2)ccc1N(C)c1cc2c(cn1)ncn2C. The zero-order valence-electron chi connectivity index (χ0n) is 17.7. The minimum atomic E-state index is -3.17. The number of aromatic nitrogens is 3. The lowest BCUT2D eigenvalue weighted by Gasteiger charge is -2.23. The number of nitrogens with zero attached hydrogens (tertiary/aromatic N) is 5. The monoisotopic (exact) mass is 429 g/mol. The van der Waals surface area contributed by atoms with Gasteiger partial charge in [0.2, 0.25) is 10.0 Å². The second-order valence-electron chi connectivity index (χ2n) is 7.74. The first-order chi connectivity index (χ1) is 14.3. The van der Waals surface area contributed by atoms with Crippen LogP contribution in [0.15, 0.2) is 36.8 Å². The summed E-state index contributed by atoms with van der Waals surface area (Å²) >= 11 is 0. The third-order valence-corrected chi connectivity index (χ3v) is 6.88. The van der Waals surface area contributed by atoms with Gasteiger partial charge in [0.05, 0.1) is 30.8 Å². The van der Waals surface area contributed by atoms with Gasteiger partial charge >= 0.3 is 0 Å². The summed E-state index contributed by atoms with van der Waals surface area (Å²) in [7, 11) is 0.799. The van der Waals surface area contributed by atoms with Gasteiger partial charge in [0, 0.05) is 32.4 Å². The first-order valence-corrected chi connectivity index (χ1v) is 11.9. The average molecular weight is 430 g/mol. The summed E-state index contributed by atoms with van der Waals surface area (Å²) in [5.41, 5.74) is 4.10. The number of rotatable bonds is 6. The van der Waals surface area contributed by atoms with Crippen LogP contribution >= 0.6 is 0 Å². The Kier molecular flexibility index (Phi) is 5.42. The number of imidazole rings is 1. The number of ether oxygens (including phenoxy) is 1. The van der Waals surface area contributed by atoms with Crippen LogP contribution in [0.5, 0.6) is 5.75 Å². The summed E-state index contributed by atoms with van der Waals surface area (Å²) in [6.07, 6.45) is 6.23. The van der Waals surface area contributed by atoms with Gasteiger partial charge in [-0.15, -0.1) is 0 Å². The van der Waals surface area contributed by atoms with Crippen molar-refractivity contribution in [3.63, 3.8) is 0 Å². The van der Waals surface area contributed by atoms with E-state index in [1.165, 1.54) is 10.6 Å². The van der Waals surface area contributed by atoms with E-state index in [1.54, 1.807) is 12.5 Å². The van der Waals surface area contributed by atoms with Gasteiger partial charge in [-0.3, -0.25) is 0 Å². The molecule has 1 aliphatic heterocycles. The molecule has 0 bridgehead atoms. The molecule has 0 radical (unpaired) electrons. The third-order valence-electron chi connectivity index (χ3n) is 5.61. The Labute approximate surface area is 177 Å². The van der Waals surface area contributed by atoms with Crippen LogP contribution in [-0.2, 0) is 23.5 Å². The summed E-state index contributed by atoms with van der Waals surface area (Å²) < 4.78 is 33.0. The minimum Gasteiger partial charge on any atom is -0.489 e. The summed E-state index contributed by atoms with van der Waals surface area (Å²) in [6, 6.07) is 8.05. The van der Waals surface area contributed by atoms with Crippen molar-refractivity contribution in [2.45, 2.75) is 25.9 Å². The quantitative estimate of drug-likeness (QED) is 0.599. The van der Waals surface area contributed by atoms with E-state index >= 15 is 0 Å². The lowest BCUT2D eigenvalue weighted by Crippen LogP contribution is -2.29. The Morgan fingerprint density at radius 2 is 2.07 bits per heavy atom. The predicted octanol–water partition coefficient (Wildman–Crippen LogP) is 2.71. The van der Waals surface area contributed by atoms with Gasteiger partial charge in [0.15, 0.2) is 0 Å². The van der Waals surface area contributed by atoms with Gasteiger partial charge in [-0.05, 0) is 36.6 Å². The maximum Gasteiger partial charge on any atom is 0.211 e. The standard InChI is InChI=1S/C21H27N5O3S/c1-5-15-10-16(29-17-8-9-26(13-17)30(4,27)28)6-7-19(15)25(3)21-11-20-18(12-22-21)23-14-24(20)2/h6-7,10-12,14,17H,5,8-9,13H2,1-4H3/t17-/m0/s1. The molecule has 0 aliphatic carbocycles. The van der Waals surface area contributed by atoms with Crippen molar-refractivity contribution in [1.29, 1.82) is 0 Å². The Bertz CT molecular complexity index is 1170. The van der Waals surface area contributed by atoms with E-state index in [-0.39, 0.29) is 6.10 Å². The second-order valence-corrected chi connectivity index (χ2v) is 9.72. The maximum absolute atomic E-state index is 11.7. The van der Waals surface area contributed by atoms with E-state index in [9.17, 15) is 8.42 Å². The van der Waals surface area contributed by atoms with E-state index in [0.717, 1.165) is 40.3 Å². The van der Waals surface area contributed by atoms with E-state index in [0.29, 0.717) is 19.5 Å². The largest absolute Gasteiger partial charge is 0.489 e. The number of pyridine rings is 1. The van der Waals surface area contributed by atoms with Crippen LogP contribution in [0.1, 0.15) is 18.9 Å². The number of sulfonamides is 1. The van der Waals surface area contributed by atoms with Crippen molar-refractivity contribution in [3.8, 4) is 5.75 Å². The molecule has 1 fully saturated rings. The van der Waals surface area contributed by atoms with Gasteiger partial charge in [0.1, 0.15) is 23.2 Å². The number of hydrogen-bond acceptors (Lipinski definition) is 6. The second kappa shape index (κ2) is 7.88. The van der Waals surface area contributed by atoms with Crippen molar-refractivity contribution in [2.24, 2.45) is 7.05 Å². The molecule has 4 rings (SSSR count). The summed E-state index contributed by atoms with van der Waals surface area (Å²) in [5, 5.41) is 0. The van der Waals surface area contributed by atoms with Gasteiger partial charge < -0.3 is 14.2 Å². The molecule has 1 aromatic carbocycles. The molecular weight excluding hydrogens is 402 g/mol. The molecule has 160 valence electrons. The van der Waals surface area contributed by atoms with E-state index in [2.05, 4.69) is 21.8 Å². The molecule has 1 aliphatic rings. The van der Waals surface area contributed by atoms with E-state index < -0.39 is 10.0 Å². The Morgan fingerprint density at radius 1 is 1.27 bits per heavy atom. The summed E-state index contributed by atoms with van der Waals surface area (Å²) in [5.74, 6) is 1.61. The average Bonchev–Trinajstić information content (AvgIpc) is 3.34. The first-order valence-electron chi connectivity index (χ1n) is 10.0. The summed E-state index contributed by atoms with van der Waals surface area (Å²) in [6.45, 7) is 3.01. The maximum atomic E-state index is 11.7. The van der Waals surface area contributed by atoms with Crippen LogP contribution in [0.25, 0.3) is 11.0 Å². The highest BCUT2D eigenvalue weighted by molar-refractivity contribution is 7.88. The topological polar surface area (TPSA) is 80.6 Å². The number of hydrogen-bond donors (Lipinski definition) is 0. The van der Waals surface area contributed by atoms with Crippen molar-refractivity contribution in [1.82, 2.24) is 18.8 Å². The fourth-order valence-electron chi connectivity index (χ4n) is 3.86. The minimum absolute atomic E-state index is 0.123. The van der Waals surface area contributed by atoms with Crippen LogP contribution in [0.3, 0.4) is 0 Å². The van der Waals surface area contributed by atoms with Gasteiger partial charge in [-0.1, -0.05) is 6.92 Å². The Morgan fingerprint density at radius 3 is 2.77 bits per heavy atom. The van der Waals surface area contributed by atoms with Crippen molar-refractivity contribution in [3.05, 3.63) is 42.4 Å². The molecule has 0 amide bonds. The highest BCUT2D eigenvalue weighted by Gasteiger charge is 2.30. The van der Waals surface area contributed by atoms with Crippen LogP contribution in [0, 0.1) is 0 Å². The van der Waals surface area contributed by atoms with Crippen LogP contribution < -0.4 is 9.64 Å². The highest BCUT2D eigenvalue weighted by atomic mass is 32.2. The molecule has 1 atom stereocenters. The van der Waals surface area contributed by atoms with Crippen molar-refractivity contribution < 1.29 is 13.2 Å². The van der Waals surface area contributed by atoms with Gasteiger partial charge in [-0.25, -0.2) is 18.4 Å². The predicted molar refractivity (Wildman–Crippen MR) is 118 cm³/mol. The Hall–Kier alpha value is -2.65. The smallest absolute Gasteiger partial charge is 0.211 e. The van der Waals surface area contributed by atoms with Crippen LogP contribution in [0.4, 0.5) is 11.5 Å². The fourth-order valence-corrected chi connectivity index (χ4v) is 4.73.